The van der Waals surface area contributed by atoms with E-state index in [-0.39, 0.29) is 24.5 Å². The van der Waals surface area contributed by atoms with Crippen LogP contribution in [-0.4, -0.2) is 89.5 Å². The summed E-state index contributed by atoms with van der Waals surface area (Å²) in [6.07, 6.45) is -5.36. The maximum Gasteiger partial charge on any atom is 0.330 e. The van der Waals surface area contributed by atoms with Crippen molar-refractivity contribution in [3.8, 4) is 11.5 Å². The summed E-state index contributed by atoms with van der Waals surface area (Å²) in [4.78, 5) is 23.2. The standard InChI is InChI=1S/C20H24O11/c1-27-13-6-10(2-4-12(13)21)3-5-15(22)29-9-14-17(24)18(25)19(26)20(31-14)30-11-7-16(23)28-8-11/h2-6,11,14,17-21,24-26H,7-9H2,1H3. The third kappa shape index (κ3) is 5.71. The van der Waals surface area contributed by atoms with Crippen molar-refractivity contribution in [2.45, 2.75) is 43.2 Å². The highest BCUT2D eigenvalue weighted by Crippen LogP contribution is 2.27. The van der Waals surface area contributed by atoms with Crippen LogP contribution in [0.25, 0.3) is 6.08 Å². The fourth-order valence-electron chi connectivity index (χ4n) is 3.11. The van der Waals surface area contributed by atoms with Crippen LogP contribution in [0.4, 0.5) is 0 Å². The molecule has 0 aliphatic carbocycles. The smallest absolute Gasteiger partial charge is 0.330 e. The number of phenolic OH excluding ortho intramolecular Hbond substituents is 1. The summed E-state index contributed by atoms with van der Waals surface area (Å²) in [5.41, 5.74) is 0.570. The van der Waals surface area contributed by atoms with Gasteiger partial charge < -0.3 is 44.1 Å². The number of hydrogen-bond acceptors (Lipinski definition) is 11. The Kier molecular flexibility index (Phi) is 7.46. The number of hydrogen-bond donors (Lipinski definition) is 4. The Balaban J connectivity index is 1.55. The molecule has 2 fully saturated rings. The number of aliphatic hydroxyl groups excluding tert-OH is 3. The highest BCUT2D eigenvalue weighted by atomic mass is 16.7. The summed E-state index contributed by atoms with van der Waals surface area (Å²) in [5.74, 6) is -1.02. The largest absolute Gasteiger partial charge is 0.504 e. The number of rotatable bonds is 7. The highest BCUT2D eigenvalue weighted by molar-refractivity contribution is 5.87. The van der Waals surface area contributed by atoms with Gasteiger partial charge in [0, 0.05) is 6.08 Å². The van der Waals surface area contributed by atoms with E-state index in [1.165, 1.54) is 25.3 Å². The number of carbonyl (C=O) groups excluding carboxylic acids is 2. The maximum atomic E-state index is 12.0. The number of methoxy groups -OCH3 is 1. The fourth-order valence-corrected chi connectivity index (χ4v) is 3.11. The van der Waals surface area contributed by atoms with Crippen molar-refractivity contribution in [3.63, 3.8) is 0 Å². The van der Waals surface area contributed by atoms with E-state index in [4.69, 9.17) is 23.7 Å². The number of ether oxygens (including phenoxy) is 5. The number of esters is 2. The summed E-state index contributed by atoms with van der Waals surface area (Å²) in [5, 5.41) is 39.8. The molecule has 2 heterocycles. The van der Waals surface area contributed by atoms with Crippen LogP contribution >= 0.6 is 0 Å². The third-order valence-electron chi connectivity index (χ3n) is 4.83. The van der Waals surface area contributed by atoms with Crippen molar-refractivity contribution in [1.29, 1.82) is 0 Å². The third-order valence-corrected chi connectivity index (χ3v) is 4.83. The summed E-state index contributed by atoms with van der Waals surface area (Å²) in [6, 6.07) is 4.49. The highest BCUT2D eigenvalue weighted by Gasteiger charge is 2.46. The molecule has 2 aliphatic rings. The van der Waals surface area contributed by atoms with E-state index < -0.39 is 55.4 Å². The molecular formula is C20H24O11. The summed E-state index contributed by atoms with van der Waals surface area (Å²) in [6.45, 7) is -0.441. The van der Waals surface area contributed by atoms with Gasteiger partial charge in [0.2, 0.25) is 0 Å². The molecule has 0 radical (unpaired) electrons. The fraction of sp³-hybridized carbons (Fsp3) is 0.500. The maximum absolute atomic E-state index is 12.0. The van der Waals surface area contributed by atoms with Crippen LogP contribution in [0.1, 0.15) is 12.0 Å². The van der Waals surface area contributed by atoms with Gasteiger partial charge in [-0.25, -0.2) is 4.79 Å². The Hall–Kier alpha value is -2.70. The average Bonchev–Trinajstić information content (AvgIpc) is 3.17. The molecule has 2 aliphatic heterocycles. The monoisotopic (exact) mass is 440 g/mol. The molecular weight excluding hydrogens is 416 g/mol. The molecule has 11 nitrogen and oxygen atoms in total. The van der Waals surface area contributed by atoms with Gasteiger partial charge in [0.15, 0.2) is 17.8 Å². The second-order valence-electron chi connectivity index (χ2n) is 7.05. The molecule has 6 atom stereocenters. The number of aliphatic hydroxyl groups is 3. The van der Waals surface area contributed by atoms with Gasteiger partial charge in [-0.2, -0.15) is 0 Å². The van der Waals surface area contributed by atoms with E-state index in [0.29, 0.717) is 5.56 Å². The molecule has 0 spiro atoms. The van der Waals surface area contributed by atoms with Crippen LogP contribution in [0.15, 0.2) is 24.3 Å². The van der Waals surface area contributed by atoms with Gasteiger partial charge >= 0.3 is 11.9 Å². The molecule has 0 saturated carbocycles. The number of phenols is 1. The summed E-state index contributed by atoms with van der Waals surface area (Å²) in [7, 11) is 1.40. The predicted octanol–water partition coefficient (Wildman–Crippen LogP) is -0.903. The van der Waals surface area contributed by atoms with Crippen LogP contribution in [0.2, 0.25) is 0 Å². The molecule has 1 aromatic rings. The molecule has 1 aromatic carbocycles. The zero-order valence-electron chi connectivity index (χ0n) is 16.6. The number of carbonyl (C=O) groups is 2. The van der Waals surface area contributed by atoms with Crippen LogP contribution in [-0.2, 0) is 28.5 Å². The molecule has 6 unspecified atom stereocenters. The van der Waals surface area contributed by atoms with E-state index >= 15 is 0 Å². The van der Waals surface area contributed by atoms with Crippen molar-refractivity contribution in [3.05, 3.63) is 29.8 Å². The van der Waals surface area contributed by atoms with E-state index in [0.717, 1.165) is 6.08 Å². The van der Waals surface area contributed by atoms with Crippen LogP contribution < -0.4 is 4.74 Å². The first-order valence-corrected chi connectivity index (χ1v) is 9.51. The Labute approximate surface area is 177 Å². The Morgan fingerprint density at radius 1 is 1.23 bits per heavy atom. The van der Waals surface area contributed by atoms with Gasteiger partial charge in [-0.15, -0.1) is 0 Å². The lowest BCUT2D eigenvalue weighted by molar-refractivity contribution is -0.311. The van der Waals surface area contributed by atoms with Crippen molar-refractivity contribution in [1.82, 2.24) is 0 Å². The molecule has 2 saturated heterocycles. The minimum atomic E-state index is -1.61. The first-order valence-electron chi connectivity index (χ1n) is 9.51. The quantitative estimate of drug-likeness (QED) is 0.307. The van der Waals surface area contributed by atoms with Crippen LogP contribution in [0.3, 0.4) is 0 Å². The van der Waals surface area contributed by atoms with Crippen LogP contribution in [0, 0.1) is 0 Å². The Morgan fingerprint density at radius 2 is 2.00 bits per heavy atom. The molecule has 0 aromatic heterocycles. The van der Waals surface area contributed by atoms with Gasteiger partial charge in [0.05, 0.1) is 13.5 Å². The lowest BCUT2D eigenvalue weighted by Gasteiger charge is -2.40. The van der Waals surface area contributed by atoms with Gasteiger partial charge in [-0.1, -0.05) is 6.07 Å². The minimum absolute atomic E-state index is 0.0173. The van der Waals surface area contributed by atoms with E-state index in [1.807, 2.05) is 0 Å². The van der Waals surface area contributed by atoms with Crippen molar-refractivity contribution >= 4 is 18.0 Å². The Morgan fingerprint density at radius 3 is 2.68 bits per heavy atom. The predicted molar refractivity (Wildman–Crippen MR) is 102 cm³/mol. The van der Waals surface area contributed by atoms with Gasteiger partial charge in [-0.05, 0) is 23.8 Å². The van der Waals surface area contributed by atoms with E-state index in [9.17, 15) is 30.0 Å². The van der Waals surface area contributed by atoms with Gasteiger partial charge in [0.1, 0.15) is 43.7 Å². The zero-order chi connectivity index (χ0) is 22.5. The number of cyclic esters (lactones) is 1. The molecule has 0 amide bonds. The second kappa shape index (κ2) is 10.1. The Bertz CT molecular complexity index is 823. The lowest BCUT2D eigenvalue weighted by atomic mass is 9.99. The minimum Gasteiger partial charge on any atom is -0.504 e. The van der Waals surface area contributed by atoms with Crippen molar-refractivity contribution in [2.24, 2.45) is 0 Å². The molecule has 0 bridgehead atoms. The van der Waals surface area contributed by atoms with Crippen molar-refractivity contribution in [2.75, 3.05) is 20.3 Å². The lowest BCUT2D eigenvalue weighted by Crippen LogP contribution is -2.60. The molecule has 4 N–H and O–H groups in total. The average molecular weight is 440 g/mol. The summed E-state index contributed by atoms with van der Waals surface area (Å²) < 4.78 is 25.7. The molecule has 3 rings (SSSR count). The van der Waals surface area contributed by atoms with Gasteiger partial charge in [-0.3, -0.25) is 4.79 Å². The number of aromatic hydroxyl groups is 1. The normalized spacial score (nSPS) is 30.9. The molecule has 170 valence electrons. The molecule has 11 heteroatoms. The zero-order valence-corrected chi connectivity index (χ0v) is 16.6. The molecule has 31 heavy (non-hydrogen) atoms. The SMILES string of the molecule is COc1cc(C=CC(=O)OCC2OC(OC3COC(=O)C3)C(O)C(O)C2O)ccc1O. The van der Waals surface area contributed by atoms with E-state index in [2.05, 4.69) is 0 Å². The number of benzene rings is 1. The second-order valence-corrected chi connectivity index (χ2v) is 7.05. The first-order chi connectivity index (χ1) is 14.8. The summed E-state index contributed by atoms with van der Waals surface area (Å²) >= 11 is 0. The van der Waals surface area contributed by atoms with Crippen LogP contribution in [0.5, 0.6) is 11.5 Å². The van der Waals surface area contributed by atoms with Gasteiger partial charge in [0.25, 0.3) is 0 Å². The van der Waals surface area contributed by atoms with E-state index in [1.54, 1.807) is 6.07 Å². The topological polar surface area (TPSA) is 161 Å². The first kappa shape index (κ1) is 23.0. The van der Waals surface area contributed by atoms with Crippen molar-refractivity contribution < 1.29 is 53.7 Å².